The summed E-state index contributed by atoms with van der Waals surface area (Å²) in [7, 11) is 2.10. The predicted octanol–water partition coefficient (Wildman–Crippen LogP) is 1.18. The monoisotopic (exact) mass is 214 g/mol. The van der Waals surface area contributed by atoms with E-state index in [4.69, 9.17) is 0 Å². The van der Waals surface area contributed by atoms with E-state index in [1.165, 1.54) is 12.1 Å². The topological polar surface area (TPSA) is 16.6 Å². The van der Waals surface area contributed by atoms with Crippen LogP contribution in [0.2, 0.25) is 0 Å². The highest BCUT2D eigenvalue weighted by molar-refractivity contribution is 9.10. The van der Waals surface area contributed by atoms with Crippen LogP contribution < -0.4 is 5.32 Å². The summed E-state index contributed by atoms with van der Waals surface area (Å²) in [6, 6.07) is 8.50. The Kier molecular flexibility index (Phi) is 3.60. The number of halogens is 1. The van der Waals surface area contributed by atoms with Crippen LogP contribution in [-0.2, 0) is 6.42 Å². The molecule has 0 amide bonds. The highest BCUT2D eigenvalue weighted by Crippen LogP contribution is 2.10. The normalized spacial score (nSPS) is 10.0. The Bertz CT molecular complexity index is 205. The van der Waals surface area contributed by atoms with Crippen LogP contribution in [0.1, 0.15) is 5.56 Å². The minimum Gasteiger partial charge on any atom is -0.348 e. The number of hydrogen-bond donors (Lipinski definition) is 1. The lowest BCUT2D eigenvalue weighted by Crippen LogP contribution is -2.80. The molecule has 0 unspecified atom stereocenters. The molecule has 0 radical (unpaired) electrons. The standard InChI is InChI=1S/C9H12BrN/c1-11-7-6-8-2-4-9(10)5-3-8/h2-5,11H,6-7H2,1H3/p+1. The van der Waals surface area contributed by atoms with E-state index in [1.54, 1.807) is 0 Å². The van der Waals surface area contributed by atoms with Crippen LogP contribution in [0, 0.1) is 0 Å². The predicted molar refractivity (Wildman–Crippen MR) is 50.6 cm³/mol. The molecule has 0 atom stereocenters. The van der Waals surface area contributed by atoms with Gasteiger partial charge in [-0.25, -0.2) is 0 Å². The van der Waals surface area contributed by atoms with Crippen molar-refractivity contribution in [2.24, 2.45) is 0 Å². The third-order valence-corrected chi connectivity index (χ3v) is 2.16. The van der Waals surface area contributed by atoms with Gasteiger partial charge in [-0.05, 0) is 17.7 Å². The maximum Gasteiger partial charge on any atom is 0.0794 e. The summed E-state index contributed by atoms with van der Waals surface area (Å²) in [5.74, 6) is 0. The molecule has 0 aliphatic carbocycles. The fourth-order valence-electron chi connectivity index (χ4n) is 0.962. The summed E-state index contributed by atoms with van der Waals surface area (Å²) in [6.07, 6.45) is 1.16. The first-order chi connectivity index (χ1) is 5.33. The van der Waals surface area contributed by atoms with Gasteiger partial charge in [0.25, 0.3) is 0 Å². The zero-order chi connectivity index (χ0) is 8.10. The van der Waals surface area contributed by atoms with E-state index < -0.39 is 0 Å². The van der Waals surface area contributed by atoms with Crippen LogP contribution in [0.15, 0.2) is 28.7 Å². The molecule has 0 fully saturated rings. The molecule has 60 valence electrons. The SMILES string of the molecule is C[NH2+]CCc1ccc(Br)cc1. The van der Waals surface area contributed by atoms with Gasteiger partial charge in [-0.3, -0.25) is 0 Å². The maximum atomic E-state index is 3.41. The molecule has 0 spiro atoms. The van der Waals surface area contributed by atoms with Crippen molar-refractivity contribution in [2.45, 2.75) is 6.42 Å². The first-order valence-electron chi connectivity index (χ1n) is 3.85. The van der Waals surface area contributed by atoms with Crippen LogP contribution >= 0.6 is 15.9 Å². The molecule has 0 bridgehead atoms. The van der Waals surface area contributed by atoms with Crippen molar-refractivity contribution < 1.29 is 5.32 Å². The zero-order valence-electron chi connectivity index (χ0n) is 6.68. The van der Waals surface area contributed by atoms with Crippen LogP contribution in [0.4, 0.5) is 0 Å². The molecule has 1 aromatic rings. The van der Waals surface area contributed by atoms with Crippen LogP contribution in [-0.4, -0.2) is 13.6 Å². The summed E-state index contributed by atoms with van der Waals surface area (Å²) < 4.78 is 1.15. The molecular formula is C9H13BrN+. The second-order valence-electron chi connectivity index (χ2n) is 2.57. The van der Waals surface area contributed by atoms with Gasteiger partial charge in [0.1, 0.15) is 0 Å². The number of rotatable bonds is 3. The van der Waals surface area contributed by atoms with E-state index in [-0.39, 0.29) is 0 Å². The summed E-state index contributed by atoms with van der Waals surface area (Å²) >= 11 is 3.41. The summed E-state index contributed by atoms with van der Waals surface area (Å²) in [6.45, 7) is 1.17. The Labute approximate surface area is 75.9 Å². The van der Waals surface area contributed by atoms with Gasteiger partial charge in [0.15, 0.2) is 0 Å². The summed E-state index contributed by atoms with van der Waals surface area (Å²) in [5.41, 5.74) is 1.41. The van der Waals surface area contributed by atoms with E-state index in [9.17, 15) is 0 Å². The molecule has 1 nitrogen and oxygen atoms in total. The average molecular weight is 215 g/mol. The van der Waals surface area contributed by atoms with Crippen molar-refractivity contribution in [3.05, 3.63) is 34.3 Å². The largest absolute Gasteiger partial charge is 0.348 e. The van der Waals surface area contributed by atoms with Crippen molar-refractivity contribution in [2.75, 3.05) is 13.6 Å². The van der Waals surface area contributed by atoms with E-state index in [2.05, 4.69) is 52.6 Å². The Morgan fingerprint density at radius 1 is 1.27 bits per heavy atom. The Morgan fingerprint density at radius 2 is 1.91 bits per heavy atom. The molecule has 0 aliphatic rings. The molecule has 0 saturated carbocycles. The van der Waals surface area contributed by atoms with Crippen LogP contribution in [0.25, 0.3) is 0 Å². The lowest BCUT2D eigenvalue weighted by Gasteiger charge is -1.97. The highest BCUT2D eigenvalue weighted by Gasteiger charge is 1.92. The second kappa shape index (κ2) is 4.52. The van der Waals surface area contributed by atoms with E-state index in [0.717, 1.165) is 10.9 Å². The second-order valence-corrected chi connectivity index (χ2v) is 3.49. The third kappa shape index (κ3) is 3.04. The molecule has 11 heavy (non-hydrogen) atoms. The van der Waals surface area contributed by atoms with Gasteiger partial charge >= 0.3 is 0 Å². The number of likely N-dealkylation sites (N-methyl/N-ethyl adjacent to an activating group) is 1. The van der Waals surface area contributed by atoms with Crippen molar-refractivity contribution >= 4 is 15.9 Å². The quantitative estimate of drug-likeness (QED) is 0.779. The van der Waals surface area contributed by atoms with Gasteiger partial charge in [0.05, 0.1) is 13.6 Å². The van der Waals surface area contributed by atoms with Crippen molar-refractivity contribution in [1.29, 1.82) is 0 Å². The van der Waals surface area contributed by atoms with E-state index >= 15 is 0 Å². The molecular weight excluding hydrogens is 202 g/mol. The van der Waals surface area contributed by atoms with Gasteiger partial charge in [-0.15, -0.1) is 0 Å². The third-order valence-electron chi connectivity index (χ3n) is 1.63. The van der Waals surface area contributed by atoms with E-state index in [1.807, 2.05) is 0 Å². The fraction of sp³-hybridized carbons (Fsp3) is 0.333. The van der Waals surface area contributed by atoms with Crippen molar-refractivity contribution in [3.63, 3.8) is 0 Å². The van der Waals surface area contributed by atoms with Gasteiger partial charge < -0.3 is 5.32 Å². The molecule has 2 N–H and O–H groups in total. The number of quaternary nitrogens is 1. The first-order valence-corrected chi connectivity index (χ1v) is 4.64. The van der Waals surface area contributed by atoms with Crippen LogP contribution in [0.3, 0.4) is 0 Å². The minimum atomic E-state index is 1.15. The lowest BCUT2D eigenvalue weighted by molar-refractivity contribution is -0.626. The molecule has 0 heterocycles. The summed E-state index contributed by atoms with van der Waals surface area (Å²) in [5, 5.41) is 2.20. The lowest BCUT2D eigenvalue weighted by atomic mass is 10.1. The zero-order valence-corrected chi connectivity index (χ0v) is 8.26. The Balaban J connectivity index is 2.52. The van der Waals surface area contributed by atoms with Crippen LogP contribution in [0.5, 0.6) is 0 Å². The molecule has 1 rings (SSSR count). The molecule has 0 aromatic heterocycles. The Hall–Kier alpha value is -0.340. The molecule has 0 aliphatic heterocycles. The van der Waals surface area contributed by atoms with E-state index in [0.29, 0.717) is 0 Å². The minimum absolute atomic E-state index is 1.15. The number of hydrogen-bond acceptors (Lipinski definition) is 0. The first kappa shape index (κ1) is 8.75. The number of benzene rings is 1. The van der Waals surface area contributed by atoms with Gasteiger partial charge in [-0.2, -0.15) is 0 Å². The van der Waals surface area contributed by atoms with Gasteiger partial charge in [0.2, 0.25) is 0 Å². The number of nitrogens with two attached hydrogens (primary N) is 1. The molecule has 2 heteroatoms. The fourth-order valence-corrected chi connectivity index (χ4v) is 1.23. The van der Waals surface area contributed by atoms with Gasteiger partial charge in [-0.1, -0.05) is 28.1 Å². The van der Waals surface area contributed by atoms with Crippen molar-refractivity contribution in [3.8, 4) is 0 Å². The molecule has 1 aromatic carbocycles. The smallest absolute Gasteiger partial charge is 0.0794 e. The Morgan fingerprint density at radius 3 is 2.45 bits per heavy atom. The molecule has 0 saturated heterocycles. The van der Waals surface area contributed by atoms with Gasteiger partial charge in [0, 0.05) is 10.9 Å². The maximum absolute atomic E-state index is 3.41. The average Bonchev–Trinajstić information content (AvgIpc) is 2.04. The summed E-state index contributed by atoms with van der Waals surface area (Å²) in [4.78, 5) is 0. The van der Waals surface area contributed by atoms with Crippen molar-refractivity contribution in [1.82, 2.24) is 0 Å². The highest BCUT2D eigenvalue weighted by atomic mass is 79.9.